The number of benzene rings is 2. The summed E-state index contributed by atoms with van der Waals surface area (Å²) in [6.45, 7) is 0. The van der Waals surface area contributed by atoms with Crippen molar-refractivity contribution >= 4 is 28.4 Å². The van der Waals surface area contributed by atoms with Crippen LogP contribution in [0.1, 0.15) is 5.56 Å². The molecule has 106 valence electrons. The molecule has 0 bridgehead atoms. The molecule has 0 radical (unpaired) electrons. The van der Waals surface area contributed by atoms with E-state index in [1.807, 2.05) is 24.3 Å². The van der Waals surface area contributed by atoms with Crippen molar-refractivity contribution in [1.82, 2.24) is 0 Å². The lowest BCUT2D eigenvalue weighted by atomic mass is 10.2. The fourth-order valence-corrected chi connectivity index (χ4v) is 2.82. The Bertz CT molecular complexity index is 840. The van der Waals surface area contributed by atoms with E-state index in [0.717, 1.165) is 10.3 Å². The third-order valence-corrected chi connectivity index (χ3v) is 4.13. The summed E-state index contributed by atoms with van der Waals surface area (Å²) in [5.41, 5.74) is 6.95. The highest BCUT2D eigenvalue weighted by Gasteiger charge is 2.07. The third kappa shape index (κ3) is 3.03. The molecular weight excluding hydrogens is 286 g/mol. The third-order valence-electron chi connectivity index (χ3n) is 3.07. The SMILES string of the molecule is Nc1ccc(SCc2cc3ccc(O)cc3oc2=O)cc1. The molecule has 0 aliphatic carbocycles. The molecule has 1 aromatic heterocycles. The van der Waals surface area contributed by atoms with Gasteiger partial charge in [0.05, 0.1) is 0 Å². The van der Waals surface area contributed by atoms with Crippen LogP contribution in [0.4, 0.5) is 5.69 Å². The highest BCUT2D eigenvalue weighted by Crippen LogP contribution is 2.25. The van der Waals surface area contributed by atoms with Gasteiger partial charge >= 0.3 is 5.63 Å². The summed E-state index contributed by atoms with van der Waals surface area (Å²) >= 11 is 1.54. The molecule has 0 unspecified atom stereocenters. The Hall–Kier alpha value is -2.40. The Morgan fingerprint density at radius 3 is 2.62 bits per heavy atom. The number of anilines is 1. The van der Waals surface area contributed by atoms with E-state index >= 15 is 0 Å². The number of thioether (sulfide) groups is 1. The van der Waals surface area contributed by atoms with Gasteiger partial charge in [0.25, 0.3) is 0 Å². The molecule has 3 rings (SSSR count). The van der Waals surface area contributed by atoms with Crippen LogP contribution >= 0.6 is 11.8 Å². The molecule has 0 aliphatic heterocycles. The monoisotopic (exact) mass is 299 g/mol. The predicted molar refractivity (Wildman–Crippen MR) is 84.6 cm³/mol. The minimum Gasteiger partial charge on any atom is -0.508 e. The van der Waals surface area contributed by atoms with Crippen molar-refractivity contribution in [3.63, 3.8) is 0 Å². The normalized spacial score (nSPS) is 10.9. The zero-order chi connectivity index (χ0) is 14.8. The molecule has 3 aromatic rings. The predicted octanol–water partition coefficient (Wildman–Crippen LogP) is 3.37. The van der Waals surface area contributed by atoms with Gasteiger partial charge in [0.15, 0.2) is 0 Å². The highest BCUT2D eigenvalue weighted by molar-refractivity contribution is 7.98. The first kappa shape index (κ1) is 13.6. The number of nitrogens with two attached hydrogens (primary N) is 1. The maximum Gasteiger partial charge on any atom is 0.340 e. The van der Waals surface area contributed by atoms with Crippen molar-refractivity contribution < 1.29 is 9.52 Å². The Balaban J connectivity index is 1.86. The minimum atomic E-state index is -0.379. The van der Waals surface area contributed by atoms with Crippen molar-refractivity contribution in [1.29, 1.82) is 0 Å². The van der Waals surface area contributed by atoms with Gasteiger partial charge in [-0.2, -0.15) is 0 Å². The van der Waals surface area contributed by atoms with Crippen LogP contribution in [0.15, 0.2) is 62.6 Å². The van der Waals surface area contributed by atoms with E-state index in [0.29, 0.717) is 22.6 Å². The summed E-state index contributed by atoms with van der Waals surface area (Å²) in [7, 11) is 0. The van der Waals surface area contributed by atoms with Gasteiger partial charge < -0.3 is 15.3 Å². The molecule has 0 amide bonds. The van der Waals surface area contributed by atoms with Crippen molar-refractivity contribution in [3.05, 3.63) is 64.5 Å². The van der Waals surface area contributed by atoms with Crippen LogP contribution in [0, 0.1) is 0 Å². The first-order chi connectivity index (χ1) is 10.1. The van der Waals surface area contributed by atoms with Gasteiger partial charge in [0.2, 0.25) is 0 Å². The van der Waals surface area contributed by atoms with Crippen LogP contribution in [-0.2, 0) is 5.75 Å². The average Bonchev–Trinajstić information content (AvgIpc) is 2.47. The van der Waals surface area contributed by atoms with Crippen LogP contribution in [0.3, 0.4) is 0 Å². The molecule has 0 aliphatic rings. The maximum absolute atomic E-state index is 11.9. The second-order valence-electron chi connectivity index (χ2n) is 4.64. The van der Waals surface area contributed by atoms with Crippen molar-refractivity contribution in [2.75, 3.05) is 5.73 Å². The molecule has 2 aromatic carbocycles. The number of aromatic hydroxyl groups is 1. The number of nitrogen functional groups attached to an aromatic ring is 1. The lowest BCUT2D eigenvalue weighted by molar-refractivity contribution is 0.473. The smallest absolute Gasteiger partial charge is 0.340 e. The second-order valence-corrected chi connectivity index (χ2v) is 5.69. The van der Waals surface area contributed by atoms with E-state index in [4.69, 9.17) is 10.2 Å². The van der Waals surface area contributed by atoms with Crippen LogP contribution in [-0.4, -0.2) is 5.11 Å². The Morgan fingerprint density at radius 1 is 1.10 bits per heavy atom. The average molecular weight is 299 g/mol. The van der Waals surface area contributed by atoms with Crippen LogP contribution in [0.5, 0.6) is 5.75 Å². The number of phenolic OH excluding ortho intramolecular Hbond substituents is 1. The molecule has 3 N–H and O–H groups in total. The topological polar surface area (TPSA) is 76.5 Å². The zero-order valence-corrected chi connectivity index (χ0v) is 11.9. The Labute approximate surface area is 125 Å². The number of hydrogen-bond acceptors (Lipinski definition) is 5. The van der Waals surface area contributed by atoms with Gasteiger partial charge in [-0.1, -0.05) is 0 Å². The first-order valence-corrected chi connectivity index (χ1v) is 7.34. The largest absolute Gasteiger partial charge is 0.508 e. The van der Waals surface area contributed by atoms with Gasteiger partial charge in [0.1, 0.15) is 11.3 Å². The van der Waals surface area contributed by atoms with E-state index in [1.165, 1.54) is 6.07 Å². The van der Waals surface area contributed by atoms with E-state index in [2.05, 4.69) is 0 Å². The van der Waals surface area contributed by atoms with Gasteiger partial charge in [-0.05, 0) is 42.5 Å². The lowest BCUT2D eigenvalue weighted by Gasteiger charge is -2.03. The highest BCUT2D eigenvalue weighted by atomic mass is 32.2. The first-order valence-electron chi connectivity index (χ1n) is 6.36. The molecule has 0 saturated heterocycles. The molecule has 0 spiro atoms. The lowest BCUT2D eigenvalue weighted by Crippen LogP contribution is -2.05. The summed E-state index contributed by atoms with van der Waals surface area (Å²) in [6.07, 6.45) is 0. The van der Waals surface area contributed by atoms with Crippen molar-refractivity contribution in [3.8, 4) is 5.75 Å². The minimum absolute atomic E-state index is 0.0784. The van der Waals surface area contributed by atoms with Crippen LogP contribution < -0.4 is 11.4 Å². The summed E-state index contributed by atoms with van der Waals surface area (Å²) in [5.74, 6) is 0.595. The molecule has 21 heavy (non-hydrogen) atoms. The van der Waals surface area contributed by atoms with Crippen LogP contribution in [0.25, 0.3) is 11.0 Å². The molecule has 0 saturated carbocycles. The zero-order valence-electron chi connectivity index (χ0n) is 11.1. The van der Waals surface area contributed by atoms with Gasteiger partial charge in [-0.15, -0.1) is 11.8 Å². The maximum atomic E-state index is 11.9. The molecule has 0 fully saturated rings. The van der Waals surface area contributed by atoms with Crippen molar-refractivity contribution in [2.45, 2.75) is 10.6 Å². The van der Waals surface area contributed by atoms with Gasteiger partial charge in [-0.3, -0.25) is 0 Å². The second kappa shape index (κ2) is 5.54. The quantitative estimate of drug-likeness (QED) is 0.440. The summed E-state index contributed by atoms with van der Waals surface area (Å²) in [5, 5.41) is 10.2. The van der Waals surface area contributed by atoms with E-state index in [1.54, 1.807) is 30.0 Å². The number of fused-ring (bicyclic) bond motifs is 1. The molecule has 0 atom stereocenters. The molecular formula is C16H13NO3S. The van der Waals surface area contributed by atoms with Gasteiger partial charge in [-0.25, -0.2) is 4.79 Å². The fourth-order valence-electron chi connectivity index (χ4n) is 1.97. The van der Waals surface area contributed by atoms with Crippen molar-refractivity contribution in [2.24, 2.45) is 0 Å². The molecule has 5 heteroatoms. The van der Waals surface area contributed by atoms with Crippen LogP contribution in [0.2, 0.25) is 0 Å². The van der Waals surface area contributed by atoms with E-state index < -0.39 is 0 Å². The number of hydrogen-bond donors (Lipinski definition) is 2. The van der Waals surface area contributed by atoms with E-state index in [-0.39, 0.29) is 11.4 Å². The Kier molecular flexibility index (Phi) is 3.58. The molecule has 4 nitrogen and oxygen atoms in total. The number of phenols is 1. The fraction of sp³-hybridized carbons (Fsp3) is 0.0625. The summed E-state index contributed by atoms with van der Waals surface area (Å²) in [4.78, 5) is 13.0. The standard InChI is InChI=1S/C16H13NO3S/c17-12-2-5-14(6-3-12)21-9-11-7-10-1-4-13(18)8-15(10)20-16(11)19/h1-8,18H,9,17H2. The van der Waals surface area contributed by atoms with Gasteiger partial charge in [0, 0.05) is 33.4 Å². The summed E-state index contributed by atoms with van der Waals surface area (Å²) in [6, 6.07) is 14.0. The summed E-state index contributed by atoms with van der Waals surface area (Å²) < 4.78 is 5.23. The molecule has 1 heterocycles. The van der Waals surface area contributed by atoms with E-state index in [9.17, 15) is 9.90 Å². The number of rotatable bonds is 3. The Morgan fingerprint density at radius 2 is 1.86 bits per heavy atom.